The molecule has 0 nitrogen and oxygen atoms in total. The minimum atomic E-state index is 0.748. The van der Waals surface area contributed by atoms with Crippen LogP contribution in [0.1, 0.15) is 68.9 Å². The van der Waals surface area contributed by atoms with Crippen molar-refractivity contribution in [3.8, 4) is 0 Å². The van der Waals surface area contributed by atoms with E-state index in [4.69, 9.17) is 0 Å². The van der Waals surface area contributed by atoms with Crippen LogP contribution in [0, 0.1) is 5.92 Å². The van der Waals surface area contributed by atoms with Crippen molar-refractivity contribution in [3.63, 3.8) is 0 Å². The van der Waals surface area contributed by atoms with Gasteiger partial charge in [-0.3, -0.25) is 0 Å². The first-order valence-electron chi connectivity index (χ1n) is 9.45. The SMILES string of the molecule is C=CC1CCC(c2ccc3cc(CCCCC)ccc3c2)CC1. The van der Waals surface area contributed by atoms with Gasteiger partial charge in [0.2, 0.25) is 0 Å². The minimum absolute atomic E-state index is 0.748. The number of fused-ring (bicyclic) bond motifs is 1. The fourth-order valence-electron chi connectivity index (χ4n) is 3.99. The summed E-state index contributed by atoms with van der Waals surface area (Å²) in [6, 6.07) is 14.2. The van der Waals surface area contributed by atoms with Crippen LogP contribution in [0.15, 0.2) is 49.1 Å². The van der Waals surface area contributed by atoms with E-state index in [1.54, 1.807) is 5.56 Å². The first-order valence-corrected chi connectivity index (χ1v) is 9.45. The van der Waals surface area contributed by atoms with Crippen LogP contribution in [0.4, 0.5) is 0 Å². The maximum atomic E-state index is 3.96. The van der Waals surface area contributed by atoms with E-state index in [-0.39, 0.29) is 0 Å². The van der Waals surface area contributed by atoms with E-state index in [1.807, 2.05) is 0 Å². The van der Waals surface area contributed by atoms with Crippen LogP contribution in [-0.2, 0) is 6.42 Å². The van der Waals surface area contributed by atoms with Gasteiger partial charge in [-0.05, 0) is 72.3 Å². The van der Waals surface area contributed by atoms with Gasteiger partial charge in [0.05, 0.1) is 0 Å². The van der Waals surface area contributed by atoms with Gasteiger partial charge in [-0.15, -0.1) is 6.58 Å². The molecule has 0 amide bonds. The highest BCUT2D eigenvalue weighted by molar-refractivity contribution is 5.84. The second kappa shape index (κ2) is 7.81. The van der Waals surface area contributed by atoms with E-state index in [0.717, 1.165) is 11.8 Å². The van der Waals surface area contributed by atoms with Crippen LogP contribution in [0.5, 0.6) is 0 Å². The van der Waals surface area contributed by atoms with Crippen LogP contribution in [-0.4, -0.2) is 0 Å². The monoisotopic (exact) mass is 306 g/mol. The highest BCUT2D eigenvalue weighted by Gasteiger charge is 2.20. The molecule has 0 saturated heterocycles. The first kappa shape index (κ1) is 16.3. The van der Waals surface area contributed by atoms with Crippen molar-refractivity contribution >= 4 is 10.8 Å². The van der Waals surface area contributed by atoms with Crippen molar-refractivity contribution in [2.75, 3.05) is 0 Å². The third-order valence-corrected chi connectivity index (χ3v) is 5.57. The van der Waals surface area contributed by atoms with Gasteiger partial charge in [-0.2, -0.15) is 0 Å². The number of unbranched alkanes of at least 4 members (excludes halogenated alkanes) is 2. The second-order valence-electron chi connectivity index (χ2n) is 7.25. The lowest BCUT2D eigenvalue weighted by molar-refractivity contribution is 0.376. The van der Waals surface area contributed by atoms with Gasteiger partial charge in [0.25, 0.3) is 0 Å². The lowest BCUT2D eigenvalue weighted by Gasteiger charge is -2.27. The van der Waals surface area contributed by atoms with E-state index in [2.05, 4.69) is 56.0 Å². The molecule has 3 rings (SSSR count). The molecular formula is C23H30. The fraction of sp³-hybridized carbons (Fsp3) is 0.478. The molecule has 1 aliphatic rings. The molecule has 0 radical (unpaired) electrons. The normalized spacial score (nSPS) is 21.4. The van der Waals surface area contributed by atoms with Crippen molar-refractivity contribution in [2.45, 2.75) is 64.2 Å². The third kappa shape index (κ3) is 4.05. The quantitative estimate of drug-likeness (QED) is 0.397. The Hall–Kier alpha value is -1.56. The maximum absolute atomic E-state index is 3.96. The maximum Gasteiger partial charge on any atom is -0.0161 e. The molecule has 1 aliphatic carbocycles. The summed E-state index contributed by atoms with van der Waals surface area (Å²) in [5, 5.41) is 2.81. The van der Waals surface area contributed by atoms with Crippen molar-refractivity contribution in [3.05, 3.63) is 60.2 Å². The number of hydrogen-bond donors (Lipinski definition) is 0. The molecule has 2 aromatic rings. The molecule has 0 N–H and O–H groups in total. The van der Waals surface area contributed by atoms with Gasteiger partial charge in [0.1, 0.15) is 0 Å². The van der Waals surface area contributed by atoms with Crippen molar-refractivity contribution < 1.29 is 0 Å². The molecule has 0 unspecified atom stereocenters. The van der Waals surface area contributed by atoms with Gasteiger partial charge in [-0.25, -0.2) is 0 Å². The zero-order chi connectivity index (χ0) is 16.1. The lowest BCUT2D eigenvalue weighted by Crippen LogP contribution is -2.11. The van der Waals surface area contributed by atoms with Gasteiger partial charge in [0.15, 0.2) is 0 Å². The molecule has 0 heteroatoms. The molecule has 0 bridgehead atoms. The predicted molar refractivity (Wildman–Crippen MR) is 102 cm³/mol. The van der Waals surface area contributed by atoms with Crippen LogP contribution >= 0.6 is 0 Å². The Kier molecular flexibility index (Phi) is 5.54. The number of hydrogen-bond acceptors (Lipinski definition) is 0. The summed E-state index contributed by atoms with van der Waals surface area (Å²) >= 11 is 0. The third-order valence-electron chi connectivity index (χ3n) is 5.57. The molecular weight excluding hydrogens is 276 g/mol. The molecule has 0 aromatic heterocycles. The Balaban J connectivity index is 1.72. The van der Waals surface area contributed by atoms with E-state index in [0.29, 0.717) is 0 Å². The van der Waals surface area contributed by atoms with E-state index >= 15 is 0 Å². The summed E-state index contributed by atoms with van der Waals surface area (Å²) in [5.41, 5.74) is 3.03. The van der Waals surface area contributed by atoms with Gasteiger partial charge in [0, 0.05) is 0 Å². The number of rotatable bonds is 6. The molecule has 0 heterocycles. The summed E-state index contributed by atoms with van der Waals surface area (Å²) in [6.07, 6.45) is 12.6. The Bertz CT molecular complexity index is 644. The average molecular weight is 306 g/mol. The van der Waals surface area contributed by atoms with Crippen molar-refractivity contribution in [2.24, 2.45) is 5.92 Å². The molecule has 2 aromatic carbocycles. The molecule has 122 valence electrons. The van der Waals surface area contributed by atoms with E-state index < -0.39 is 0 Å². The number of aryl methyl sites for hydroxylation is 1. The Morgan fingerprint density at radius 1 is 0.957 bits per heavy atom. The van der Waals surface area contributed by atoms with Crippen molar-refractivity contribution in [1.82, 2.24) is 0 Å². The molecule has 0 aliphatic heterocycles. The average Bonchev–Trinajstić information content (AvgIpc) is 2.61. The van der Waals surface area contributed by atoms with Crippen LogP contribution in [0.25, 0.3) is 10.8 Å². The van der Waals surface area contributed by atoms with Gasteiger partial charge >= 0.3 is 0 Å². The summed E-state index contributed by atoms with van der Waals surface area (Å²) in [7, 11) is 0. The first-order chi connectivity index (χ1) is 11.3. The molecule has 0 atom stereocenters. The Morgan fingerprint density at radius 3 is 2.43 bits per heavy atom. The zero-order valence-corrected chi connectivity index (χ0v) is 14.6. The van der Waals surface area contributed by atoms with Crippen LogP contribution in [0.3, 0.4) is 0 Å². The van der Waals surface area contributed by atoms with Crippen LogP contribution in [0.2, 0.25) is 0 Å². The Morgan fingerprint density at radius 2 is 1.70 bits per heavy atom. The van der Waals surface area contributed by atoms with Gasteiger partial charge < -0.3 is 0 Å². The zero-order valence-electron chi connectivity index (χ0n) is 14.6. The van der Waals surface area contributed by atoms with E-state index in [9.17, 15) is 0 Å². The smallest absolute Gasteiger partial charge is 0.0161 e. The van der Waals surface area contributed by atoms with Gasteiger partial charge in [-0.1, -0.05) is 62.2 Å². The van der Waals surface area contributed by atoms with Crippen LogP contribution < -0.4 is 0 Å². The predicted octanol–water partition coefficient (Wildman–Crippen LogP) is 7.03. The summed E-state index contributed by atoms with van der Waals surface area (Å²) < 4.78 is 0. The standard InChI is InChI=1S/C23H30/c1-3-5-6-7-19-10-13-23-17-22(15-14-21(23)16-19)20-11-8-18(4-2)9-12-20/h4,10,13-18,20H,2-3,5-9,11-12H2,1H3. The highest BCUT2D eigenvalue weighted by Crippen LogP contribution is 2.37. The minimum Gasteiger partial charge on any atom is -0.103 e. The van der Waals surface area contributed by atoms with E-state index in [1.165, 1.54) is 67.7 Å². The molecule has 23 heavy (non-hydrogen) atoms. The molecule has 1 saturated carbocycles. The Labute approximate surface area is 141 Å². The molecule has 0 spiro atoms. The highest BCUT2D eigenvalue weighted by atomic mass is 14.3. The summed E-state index contributed by atoms with van der Waals surface area (Å²) in [6.45, 7) is 6.23. The second-order valence-corrected chi connectivity index (χ2v) is 7.25. The molecule has 1 fully saturated rings. The number of allylic oxidation sites excluding steroid dienone is 1. The largest absolute Gasteiger partial charge is 0.103 e. The number of benzene rings is 2. The summed E-state index contributed by atoms with van der Waals surface area (Å²) in [5.74, 6) is 1.50. The van der Waals surface area contributed by atoms with Crippen molar-refractivity contribution in [1.29, 1.82) is 0 Å². The fourth-order valence-corrected chi connectivity index (χ4v) is 3.99. The summed E-state index contributed by atoms with van der Waals surface area (Å²) in [4.78, 5) is 0. The topological polar surface area (TPSA) is 0 Å². The lowest BCUT2D eigenvalue weighted by atomic mass is 9.78.